The molecule has 0 saturated heterocycles. The second-order valence-electron chi connectivity index (χ2n) is 5.48. The third kappa shape index (κ3) is 2.37. The van der Waals surface area contributed by atoms with Crippen molar-refractivity contribution < 1.29 is 0 Å². The predicted octanol–water partition coefficient (Wildman–Crippen LogP) is 2.69. The fourth-order valence-electron chi connectivity index (χ4n) is 3.19. The van der Waals surface area contributed by atoms with Crippen molar-refractivity contribution in [3.05, 3.63) is 41.6 Å². The molecule has 1 saturated carbocycles. The Morgan fingerprint density at radius 1 is 1.16 bits per heavy atom. The fraction of sp³-hybridized carbons (Fsp3) is 0.438. The molecule has 3 heteroatoms. The summed E-state index contributed by atoms with van der Waals surface area (Å²) in [7, 11) is 0. The van der Waals surface area contributed by atoms with E-state index in [1.807, 2.05) is 18.2 Å². The average Bonchev–Trinajstić information content (AvgIpc) is 2.54. The molecule has 1 aliphatic carbocycles. The average molecular weight is 255 g/mol. The Balaban J connectivity index is 2.01. The largest absolute Gasteiger partial charge is 0.383 e. The molecule has 19 heavy (non-hydrogen) atoms. The van der Waals surface area contributed by atoms with Crippen LogP contribution in [0.1, 0.15) is 38.2 Å². The van der Waals surface area contributed by atoms with Crippen molar-refractivity contribution in [1.82, 2.24) is 5.32 Å². The van der Waals surface area contributed by atoms with Crippen molar-refractivity contribution in [1.29, 1.82) is 0 Å². The van der Waals surface area contributed by atoms with Crippen LogP contribution in [0.3, 0.4) is 0 Å². The number of rotatable bonds is 1. The minimum atomic E-state index is 0.338. The van der Waals surface area contributed by atoms with Gasteiger partial charge in [0.25, 0.3) is 0 Å². The van der Waals surface area contributed by atoms with Gasteiger partial charge in [-0.1, -0.05) is 43.2 Å². The van der Waals surface area contributed by atoms with Crippen molar-refractivity contribution in [3.63, 3.8) is 0 Å². The second-order valence-corrected chi connectivity index (χ2v) is 5.48. The van der Waals surface area contributed by atoms with Gasteiger partial charge in [0.05, 0.1) is 6.04 Å². The minimum Gasteiger partial charge on any atom is -0.383 e. The molecule has 0 aromatic heterocycles. The van der Waals surface area contributed by atoms with Crippen LogP contribution < -0.4 is 11.1 Å². The molecule has 1 aromatic carbocycles. The van der Waals surface area contributed by atoms with E-state index in [1.165, 1.54) is 19.3 Å². The lowest BCUT2D eigenvalue weighted by Crippen LogP contribution is -2.39. The highest BCUT2D eigenvalue weighted by Crippen LogP contribution is 2.28. The normalized spacial score (nSPS) is 27.1. The van der Waals surface area contributed by atoms with Crippen LogP contribution >= 0.6 is 0 Å². The summed E-state index contributed by atoms with van der Waals surface area (Å²) in [5.41, 5.74) is 9.63. The number of nitrogens with two attached hydrogens (primary N) is 1. The van der Waals surface area contributed by atoms with E-state index < -0.39 is 0 Å². The summed E-state index contributed by atoms with van der Waals surface area (Å²) in [6.45, 7) is 2.11. The standard InChI is InChI=1S/C16H21N3/c1-11-15(12-7-3-2-4-8-12)16(17)19-14-10-6-5-9-13(14)18-11/h2-4,7-8,13-14,18H,5-6,9-10H2,1H3,(H2,17,19)/t13-,14-/m1/s1. The zero-order chi connectivity index (χ0) is 13.2. The molecule has 0 unspecified atom stereocenters. The van der Waals surface area contributed by atoms with E-state index in [0.29, 0.717) is 17.9 Å². The third-order valence-corrected chi connectivity index (χ3v) is 4.13. The Hall–Kier alpha value is -1.77. The molecule has 3 rings (SSSR count). The summed E-state index contributed by atoms with van der Waals surface area (Å²) in [6.07, 6.45) is 4.89. The van der Waals surface area contributed by atoms with Crippen LogP contribution in [-0.2, 0) is 0 Å². The van der Waals surface area contributed by atoms with Crippen molar-refractivity contribution in [3.8, 4) is 0 Å². The van der Waals surface area contributed by atoms with Crippen molar-refractivity contribution in [2.24, 2.45) is 10.7 Å². The number of nitrogens with zero attached hydrogens (tertiary/aromatic N) is 1. The van der Waals surface area contributed by atoms with Gasteiger partial charge < -0.3 is 11.1 Å². The van der Waals surface area contributed by atoms with E-state index in [4.69, 9.17) is 10.7 Å². The Morgan fingerprint density at radius 3 is 2.68 bits per heavy atom. The summed E-state index contributed by atoms with van der Waals surface area (Å²) in [4.78, 5) is 4.78. The third-order valence-electron chi connectivity index (χ3n) is 4.13. The SMILES string of the molecule is CC1=C(c2ccccc2)C(N)=N[C@@H]2CCCC[C@H]2N1. The molecule has 0 bridgehead atoms. The highest BCUT2D eigenvalue weighted by Gasteiger charge is 2.28. The molecule has 2 aliphatic rings. The van der Waals surface area contributed by atoms with Crippen LogP contribution in [0, 0.1) is 0 Å². The maximum absolute atomic E-state index is 6.26. The van der Waals surface area contributed by atoms with E-state index in [-0.39, 0.29) is 0 Å². The molecule has 1 fully saturated rings. The Morgan fingerprint density at radius 2 is 1.89 bits per heavy atom. The molecule has 100 valence electrons. The van der Waals surface area contributed by atoms with Crippen LogP contribution in [0.25, 0.3) is 5.57 Å². The maximum atomic E-state index is 6.26. The molecule has 0 amide bonds. The van der Waals surface area contributed by atoms with Crippen LogP contribution in [0.15, 0.2) is 41.0 Å². The van der Waals surface area contributed by atoms with Crippen LogP contribution in [0.5, 0.6) is 0 Å². The van der Waals surface area contributed by atoms with E-state index in [0.717, 1.165) is 23.3 Å². The summed E-state index contributed by atoms with van der Waals surface area (Å²) in [5, 5.41) is 3.64. The zero-order valence-electron chi connectivity index (χ0n) is 11.4. The Labute approximate surface area is 114 Å². The summed E-state index contributed by atoms with van der Waals surface area (Å²) in [5.74, 6) is 0.686. The van der Waals surface area contributed by atoms with Crippen molar-refractivity contribution in [2.45, 2.75) is 44.7 Å². The number of nitrogens with one attached hydrogen (secondary N) is 1. The summed E-state index contributed by atoms with van der Waals surface area (Å²) >= 11 is 0. The van der Waals surface area contributed by atoms with Crippen LogP contribution in [-0.4, -0.2) is 17.9 Å². The molecule has 1 aromatic rings. The van der Waals surface area contributed by atoms with E-state index in [9.17, 15) is 0 Å². The molecule has 0 radical (unpaired) electrons. The molecular weight excluding hydrogens is 234 g/mol. The lowest BCUT2D eigenvalue weighted by atomic mass is 9.91. The molecule has 2 atom stereocenters. The van der Waals surface area contributed by atoms with Gasteiger partial charge in [-0.2, -0.15) is 0 Å². The fourth-order valence-corrected chi connectivity index (χ4v) is 3.19. The van der Waals surface area contributed by atoms with Gasteiger partial charge in [0, 0.05) is 17.3 Å². The van der Waals surface area contributed by atoms with Gasteiger partial charge in [0.15, 0.2) is 0 Å². The highest BCUT2D eigenvalue weighted by molar-refractivity contribution is 6.22. The number of fused-ring (bicyclic) bond motifs is 1. The van der Waals surface area contributed by atoms with Gasteiger partial charge in [-0.25, -0.2) is 0 Å². The zero-order valence-corrected chi connectivity index (χ0v) is 11.4. The molecule has 1 aliphatic heterocycles. The van der Waals surface area contributed by atoms with Crippen molar-refractivity contribution >= 4 is 11.4 Å². The lowest BCUT2D eigenvalue weighted by Gasteiger charge is -2.29. The number of hydrogen-bond acceptors (Lipinski definition) is 3. The topological polar surface area (TPSA) is 50.4 Å². The summed E-state index contributed by atoms with van der Waals surface area (Å²) in [6, 6.07) is 11.1. The quantitative estimate of drug-likeness (QED) is 0.810. The van der Waals surface area contributed by atoms with Crippen LogP contribution in [0.4, 0.5) is 0 Å². The Kier molecular flexibility index (Phi) is 3.28. The van der Waals surface area contributed by atoms with E-state index >= 15 is 0 Å². The Bertz CT molecular complexity index is 516. The van der Waals surface area contributed by atoms with Crippen molar-refractivity contribution in [2.75, 3.05) is 0 Å². The van der Waals surface area contributed by atoms with Gasteiger partial charge in [0.1, 0.15) is 5.84 Å². The van der Waals surface area contributed by atoms with Gasteiger partial charge in [0.2, 0.25) is 0 Å². The number of benzene rings is 1. The lowest BCUT2D eigenvalue weighted by molar-refractivity contribution is 0.351. The molecule has 3 N–H and O–H groups in total. The summed E-state index contributed by atoms with van der Waals surface area (Å²) < 4.78 is 0. The van der Waals surface area contributed by atoms with Gasteiger partial charge >= 0.3 is 0 Å². The first-order chi connectivity index (χ1) is 9.25. The molecule has 3 nitrogen and oxygen atoms in total. The smallest absolute Gasteiger partial charge is 0.128 e. The number of aliphatic imine (C=N–C) groups is 1. The van der Waals surface area contributed by atoms with E-state index in [2.05, 4.69) is 24.4 Å². The molecule has 0 spiro atoms. The van der Waals surface area contributed by atoms with Gasteiger partial charge in [-0.3, -0.25) is 4.99 Å². The molecular formula is C16H21N3. The maximum Gasteiger partial charge on any atom is 0.128 e. The number of amidine groups is 1. The number of allylic oxidation sites excluding steroid dienone is 1. The van der Waals surface area contributed by atoms with E-state index in [1.54, 1.807) is 0 Å². The predicted molar refractivity (Wildman–Crippen MR) is 79.8 cm³/mol. The monoisotopic (exact) mass is 255 g/mol. The van der Waals surface area contributed by atoms with Gasteiger partial charge in [-0.15, -0.1) is 0 Å². The first-order valence-corrected chi connectivity index (χ1v) is 7.12. The van der Waals surface area contributed by atoms with Gasteiger partial charge in [-0.05, 0) is 25.3 Å². The first-order valence-electron chi connectivity index (χ1n) is 7.12. The highest BCUT2D eigenvalue weighted by atomic mass is 15.0. The number of hydrogen-bond donors (Lipinski definition) is 2. The molecule has 1 heterocycles. The second kappa shape index (κ2) is 5.08. The minimum absolute atomic E-state index is 0.338. The first kappa shape index (κ1) is 12.3. The van der Waals surface area contributed by atoms with Crippen LogP contribution in [0.2, 0.25) is 0 Å².